The van der Waals surface area contributed by atoms with Crippen molar-refractivity contribution in [1.29, 1.82) is 0 Å². The Bertz CT molecular complexity index is 1550. The smallest absolute Gasteiger partial charge is 0.359 e. The average Bonchev–Trinajstić information content (AvgIpc) is 3.57. The Labute approximate surface area is 220 Å². The summed E-state index contributed by atoms with van der Waals surface area (Å²) in [6.45, 7) is 0.793. The zero-order chi connectivity index (χ0) is 26.9. The van der Waals surface area contributed by atoms with E-state index < -0.39 is 22.7 Å². The highest BCUT2D eigenvalue weighted by atomic mass is 32.2. The lowest BCUT2D eigenvalue weighted by Crippen LogP contribution is -2.22. The first-order valence-electron chi connectivity index (χ1n) is 11.6. The van der Waals surface area contributed by atoms with Gasteiger partial charge in [0.25, 0.3) is 0 Å². The van der Waals surface area contributed by atoms with Crippen molar-refractivity contribution in [2.45, 2.75) is 30.5 Å². The number of rotatable bonds is 8. The molecule has 1 aliphatic rings. The maximum atomic E-state index is 13.0. The number of hydrogen-bond acceptors (Lipinski definition) is 10. The third kappa shape index (κ3) is 6.11. The largest absolute Gasteiger partial charge is 0.405 e. The van der Waals surface area contributed by atoms with E-state index in [1.165, 1.54) is 23.5 Å². The number of anilines is 3. The predicted octanol–water partition coefficient (Wildman–Crippen LogP) is 3.98. The molecule has 0 bridgehead atoms. The highest BCUT2D eigenvalue weighted by Crippen LogP contribution is 2.31. The molecule has 0 atom stereocenters. The van der Waals surface area contributed by atoms with Crippen molar-refractivity contribution in [2.75, 3.05) is 35.2 Å². The van der Waals surface area contributed by atoms with Gasteiger partial charge < -0.3 is 15.5 Å². The maximum absolute atomic E-state index is 13.0. The molecule has 10 nitrogen and oxygen atoms in total. The minimum absolute atomic E-state index is 0.0311. The average molecular weight is 565 g/mol. The second-order valence-corrected chi connectivity index (χ2v) is 11.1. The number of sulfonamides is 1. The van der Waals surface area contributed by atoms with E-state index >= 15 is 0 Å². The van der Waals surface area contributed by atoms with E-state index in [1.807, 2.05) is 5.38 Å². The van der Waals surface area contributed by atoms with Gasteiger partial charge in [-0.2, -0.15) is 18.2 Å². The van der Waals surface area contributed by atoms with Crippen LogP contribution in [-0.4, -0.2) is 54.2 Å². The fourth-order valence-electron chi connectivity index (χ4n) is 3.96. The van der Waals surface area contributed by atoms with Gasteiger partial charge in [0, 0.05) is 25.0 Å². The van der Waals surface area contributed by atoms with Gasteiger partial charge in [-0.05, 0) is 42.7 Å². The summed E-state index contributed by atoms with van der Waals surface area (Å²) in [5.41, 5.74) is 2.36. The van der Waals surface area contributed by atoms with Crippen molar-refractivity contribution in [2.24, 2.45) is 5.14 Å². The standard InChI is InChI=1S/C23H23F3N8O2S2/c24-23(25,26)13-29-20-19-17(8-7-16(30-19)18-12-37-22(32-18)34-9-1-2-10-34)31-21(33-20)28-11-14-3-5-15(6-4-14)38(27,35)36/h3-8,12H,1-2,9-11,13H2,(H2,27,35,36)(H2,28,29,31,33). The fraction of sp³-hybridized carbons (Fsp3) is 0.304. The normalized spacial score (nSPS) is 14.3. The number of alkyl halides is 3. The number of nitrogens with two attached hydrogens (primary N) is 1. The van der Waals surface area contributed by atoms with Crippen LogP contribution in [0.4, 0.5) is 30.1 Å². The summed E-state index contributed by atoms with van der Waals surface area (Å²) in [7, 11) is -3.82. The molecule has 1 aromatic carbocycles. The zero-order valence-corrected chi connectivity index (χ0v) is 21.5. The molecule has 38 heavy (non-hydrogen) atoms. The molecule has 5 rings (SSSR count). The minimum atomic E-state index is -4.47. The molecule has 1 saturated heterocycles. The van der Waals surface area contributed by atoms with Gasteiger partial charge >= 0.3 is 6.18 Å². The lowest BCUT2D eigenvalue weighted by atomic mass is 10.2. The lowest BCUT2D eigenvalue weighted by molar-refractivity contribution is -0.115. The minimum Gasteiger partial charge on any atom is -0.359 e. The van der Waals surface area contributed by atoms with Gasteiger partial charge in [0.15, 0.2) is 10.9 Å². The summed E-state index contributed by atoms with van der Waals surface area (Å²) < 4.78 is 61.9. The first-order chi connectivity index (χ1) is 18.0. The Hall–Kier alpha value is -3.56. The molecular formula is C23H23F3N8O2S2. The van der Waals surface area contributed by atoms with E-state index in [0.29, 0.717) is 22.5 Å². The Morgan fingerprint density at radius 1 is 0.947 bits per heavy atom. The van der Waals surface area contributed by atoms with Crippen molar-refractivity contribution in [3.8, 4) is 11.4 Å². The maximum Gasteiger partial charge on any atom is 0.405 e. The van der Waals surface area contributed by atoms with Crippen LogP contribution in [-0.2, 0) is 16.6 Å². The quantitative estimate of drug-likeness (QED) is 0.290. The molecule has 0 spiro atoms. The molecule has 1 fully saturated rings. The monoisotopic (exact) mass is 564 g/mol. The van der Waals surface area contributed by atoms with Crippen molar-refractivity contribution < 1.29 is 21.6 Å². The van der Waals surface area contributed by atoms with Crippen molar-refractivity contribution in [3.05, 3.63) is 47.3 Å². The summed E-state index contributed by atoms with van der Waals surface area (Å²) in [5, 5.41) is 13.2. The van der Waals surface area contributed by atoms with Crippen molar-refractivity contribution >= 4 is 49.3 Å². The van der Waals surface area contributed by atoms with Crippen LogP contribution in [0.15, 0.2) is 46.7 Å². The van der Waals surface area contributed by atoms with Crippen LogP contribution >= 0.6 is 11.3 Å². The molecule has 0 aliphatic carbocycles. The van der Waals surface area contributed by atoms with Crippen LogP contribution in [0, 0.1) is 0 Å². The molecule has 15 heteroatoms. The number of aromatic nitrogens is 4. The van der Waals surface area contributed by atoms with Crippen LogP contribution in [0.2, 0.25) is 0 Å². The summed E-state index contributed by atoms with van der Waals surface area (Å²) in [6.07, 6.45) is -2.23. The highest BCUT2D eigenvalue weighted by molar-refractivity contribution is 7.89. The van der Waals surface area contributed by atoms with E-state index in [-0.39, 0.29) is 28.7 Å². The van der Waals surface area contributed by atoms with Crippen LogP contribution < -0.4 is 20.7 Å². The predicted molar refractivity (Wildman–Crippen MR) is 140 cm³/mol. The number of thiazole rings is 1. The fourth-order valence-corrected chi connectivity index (χ4v) is 5.35. The van der Waals surface area contributed by atoms with Gasteiger partial charge in [-0.25, -0.2) is 28.5 Å². The topological polar surface area (TPSA) is 139 Å². The van der Waals surface area contributed by atoms with E-state index in [2.05, 4.69) is 35.5 Å². The first-order valence-corrected chi connectivity index (χ1v) is 14.0. The summed E-state index contributed by atoms with van der Waals surface area (Å²) in [4.78, 5) is 20.0. The molecule has 3 aromatic heterocycles. The van der Waals surface area contributed by atoms with Crippen molar-refractivity contribution in [1.82, 2.24) is 19.9 Å². The Morgan fingerprint density at radius 3 is 2.37 bits per heavy atom. The Kier molecular flexibility index (Phi) is 7.07. The van der Waals surface area contributed by atoms with Crippen LogP contribution in [0.3, 0.4) is 0 Å². The second kappa shape index (κ2) is 10.3. The molecule has 0 saturated carbocycles. The van der Waals surface area contributed by atoms with E-state index in [9.17, 15) is 21.6 Å². The summed E-state index contributed by atoms with van der Waals surface area (Å²) >= 11 is 1.50. The molecule has 4 N–H and O–H groups in total. The molecule has 0 radical (unpaired) electrons. The third-order valence-electron chi connectivity index (χ3n) is 5.83. The molecule has 0 unspecified atom stereocenters. The number of halogens is 3. The van der Waals surface area contributed by atoms with Gasteiger partial charge in [0.2, 0.25) is 16.0 Å². The van der Waals surface area contributed by atoms with E-state index in [1.54, 1.807) is 24.3 Å². The Morgan fingerprint density at radius 2 is 1.68 bits per heavy atom. The zero-order valence-electron chi connectivity index (χ0n) is 19.9. The number of primary sulfonamides is 1. The number of pyridine rings is 1. The van der Waals surface area contributed by atoms with E-state index in [0.717, 1.165) is 31.1 Å². The number of fused-ring (bicyclic) bond motifs is 1. The van der Waals surface area contributed by atoms with Gasteiger partial charge in [-0.15, -0.1) is 11.3 Å². The molecule has 4 aromatic rings. The Balaban J connectivity index is 1.42. The molecule has 4 heterocycles. The van der Waals surface area contributed by atoms with Crippen LogP contribution in [0.1, 0.15) is 18.4 Å². The van der Waals surface area contributed by atoms with Gasteiger partial charge in [-0.3, -0.25) is 0 Å². The second-order valence-electron chi connectivity index (χ2n) is 8.68. The number of benzene rings is 1. The van der Waals surface area contributed by atoms with Gasteiger partial charge in [-0.1, -0.05) is 12.1 Å². The highest BCUT2D eigenvalue weighted by Gasteiger charge is 2.28. The summed E-state index contributed by atoms with van der Waals surface area (Å²) in [6, 6.07) is 9.25. The molecule has 200 valence electrons. The van der Waals surface area contributed by atoms with Crippen LogP contribution in [0.5, 0.6) is 0 Å². The lowest BCUT2D eigenvalue weighted by Gasteiger charge is -2.13. The summed E-state index contributed by atoms with van der Waals surface area (Å²) in [5.74, 6) is 0.00784. The SMILES string of the molecule is NS(=O)(=O)c1ccc(CNc2nc(NCC(F)(F)F)c3nc(-c4csc(N5CCCC5)n4)ccc3n2)cc1. The molecule has 1 aliphatic heterocycles. The first kappa shape index (κ1) is 26.1. The van der Waals surface area contributed by atoms with Gasteiger partial charge in [0.05, 0.1) is 16.1 Å². The molecular weight excluding hydrogens is 541 g/mol. The van der Waals surface area contributed by atoms with Crippen molar-refractivity contribution in [3.63, 3.8) is 0 Å². The number of hydrogen-bond donors (Lipinski definition) is 3. The third-order valence-corrected chi connectivity index (χ3v) is 7.66. The van der Waals surface area contributed by atoms with Crippen LogP contribution in [0.25, 0.3) is 22.4 Å². The number of nitrogens with zero attached hydrogens (tertiary/aromatic N) is 5. The van der Waals surface area contributed by atoms with Gasteiger partial charge in [0.1, 0.15) is 17.8 Å². The molecule has 0 amide bonds. The van der Waals surface area contributed by atoms with E-state index in [4.69, 9.17) is 5.14 Å². The number of nitrogens with one attached hydrogen (secondary N) is 2.